The van der Waals surface area contributed by atoms with Gasteiger partial charge >= 0.3 is 0 Å². The van der Waals surface area contributed by atoms with Gasteiger partial charge in [-0.05, 0) is 108 Å². The molecule has 0 nitrogen and oxygen atoms in total. The average molecular weight is 595 g/mol. The number of benzene rings is 2. The van der Waals surface area contributed by atoms with Gasteiger partial charge in [-0.15, -0.1) is 0 Å². The molecule has 0 heterocycles. The topological polar surface area (TPSA) is 0 Å². The highest BCUT2D eigenvalue weighted by atomic mass is 14.3. The first-order valence-electron chi connectivity index (χ1n) is 20.1. The van der Waals surface area contributed by atoms with Gasteiger partial charge in [-0.2, -0.15) is 0 Å². The summed E-state index contributed by atoms with van der Waals surface area (Å²) in [6, 6.07) is 16.3. The third-order valence-corrected chi connectivity index (χ3v) is 12.6. The molecule has 4 aliphatic rings. The Labute approximate surface area is 272 Å². The van der Waals surface area contributed by atoms with Crippen LogP contribution < -0.4 is 0 Å². The van der Waals surface area contributed by atoms with E-state index in [9.17, 15) is 0 Å². The zero-order valence-corrected chi connectivity index (χ0v) is 28.6. The van der Waals surface area contributed by atoms with Gasteiger partial charge < -0.3 is 0 Å². The van der Waals surface area contributed by atoms with Crippen LogP contribution in [0.1, 0.15) is 226 Å². The predicted molar refractivity (Wildman–Crippen MR) is 192 cm³/mol. The lowest BCUT2D eigenvalue weighted by Gasteiger charge is -2.27. The summed E-state index contributed by atoms with van der Waals surface area (Å²) in [5, 5.41) is 0. The molecule has 0 bridgehead atoms. The first kappa shape index (κ1) is 32.4. The smallest absolute Gasteiger partial charge is 0.0162 e. The second kappa shape index (κ2) is 17.4. The molecule has 4 fully saturated rings. The molecule has 0 N–H and O–H groups in total. The Bertz CT molecular complexity index is 923. The summed E-state index contributed by atoms with van der Waals surface area (Å²) in [6.07, 6.45) is 40.0. The fourth-order valence-corrected chi connectivity index (χ4v) is 9.79. The van der Waals surface area contributed by atoms with Gasteiger partial charge in [0.2, 0.25) is 0 Å². The minimum atomic E-state index is 0.765. The first-order valence-corrected chi connectivity index (χ1v) is 20.1. The fourth-order valence-electron chi connectivity index (χ4n) is 9.79. The van der Waals surface area contributed by atoms with Gasteiger partial charge in [0.25, 0.3) is 0 Å². The second-order valence-electron chi connectivity index (χ2n) is 15.9. The van der Waals surface area contributed by atoms with E-state index in [4.69, 9.17) is 0 Å². The number of rotatable bonds is 5. The van der Waals surface area contributed by atoms with E-state index in [0.717, 1.165) is 23.7 Å². The van der Waals surface area contributed by atoms with Gasteiger partial charge in [0.15, 0.2) is 0 Å². The van der Waals surface area contributed by atoms with E-state index >= 15 is 0 Å². The first-order chi connectivity index (χ1) is 21.8. The summed E-state index contributed by atoms with van der Waals surface area (Å²) in [4.78, 5) is 0. The molecule has 0 amide bonds. The van der Waals surface area contributed by atoms with E-state index in [2.05, 4.69) is 36.4 Å². The van der Waals surface area contributed by atoms with Crippen LogP contribution in [0.5, 0.6) is 0 Å². The van der Waals surface area contributed by atoms with Gasteiger partial charge in [0.1, 0.15) is 0 Å². The maximum absolute atomic E-state index is 2.73. The summed E-state index contributed by atoms with van der Waals surface area (Å²) < 4.78 is 0. The highest BCUT2D eigenvalue weighted by Gasteiger charge is 2.23. The van der Waals surface area contributed by atoms with E-state index in [1.54, 1.807) is 33.4 Å². The zero-order valence-electron chi connectivity index (χ0n) is 28.6. The van der Waals surface area contributed by atoms with Crippen LogP contribution in [-0.2, 0) is 0 Å². The lowest BCUT2D eigenvalue weighted by atomic mass is 9.78. The second-order valence-corrected chi connectivity index (χ2v) is 15.9. The van der Waals surface area contributed by atoms with Gasteiger partial charge in [-0.3, -0.25) is 0 Å². The van der Waals surface area contributed by atoms with Gasteiger partial charge in [0, 0.05) is 0 Å². The Morgan fingerprint density at radius 3 is 0.614 bits per heavy atom. The molecule has 2 aromatic carbocycles. The van der Waals surface area contributed by atoms with Crippen molar-refractivity contribution in [3.63, 3.8) is 0 Å². The summed E-state index contributed by atoms with van der Waals surface area (Å²) in [5.41, 5.74) is 9.94. The van der Waals surface area contributed by atoms with Crippen LogP contribution in [-0.4, -0.2) is 0 Å². The van der Waals surface area contributed by atoms with E-state index < -0.39 is 0 Å². The van der Waals surface area contributed by atoms with Crippen molar-refractivity contribution in [3.8, 4) is 11.1 Å². The highest BCUT2D eigenvalue weighted by Crippen LogP contribution is 2.42. The molecule has 4 saturated carbocycles. The van der Waals surface area contributed by atoms with Gasteiger partial charge in [0.05, 0.1) is 0 Å². The minimum Gasteiger partial charge on any atom is -0.0552 e. The van der Waals surface area contributed by atoms with Crippen molar-refractivity contribution >= 4 is 0 Å². The molecule has 0 unspecified atom stereocenters. The molecule has 0 radical (unpaired) electrons. The molecule has 2 aromatic rings. The summed E-state index contributed by atoms with van der Waals surface area (Å²) in [7, 11) is 0. The van der Waals surface area contributed by atoms with E-state index in [1.807, 2.05) is 0 Å². The van der Waals surface area contributed by atoms with Gasteiger partial charge in [-0.1, -0.05) is 165 Å². The van der Waals surface area contributed by atoms with Crippen LogP contribution in [0.3, 0.4) is 0 Å². The summed E-state index contributed by atoms with van der Waals surface area (Å²) in [5.74, 6) is 3.06. The number of hydrogen-bond acceptors (Lipinski definition) is 0. The molecular formula is C44H66. The Balaban J connectivity index is 1.41. The lowest BCUT2D eigenvalue weighted by molar-refractivity contribution is 0.448. The monoisotopic (exact) mass is 595 g/mol. The molecule has 4 aliphatic carbocycles. The van der Waals surface area contributed by atoms with Crippen LogP contribution in [0.15, 0.2) is 36.4 Å². The zero-order chi connectivity index (χ0) is 29.8. The van der Waals surface area contributed by atoms with Crippen LogP contribution in [0, 0.1) is 0 Å². The fraction of sp³-hybridized carbons (Fsp3) is 0.727. The van der Waals surface area contributed by atoms with Crippen molar-refractivity contribution in [2.24, 2.45) is 0 Å². The molecule has 0 heteroatoms. The molecule has 44 heavy (non-hydrogen) atoms. The predicted octanol–water partition coefficient (Wildman–Crippen LogP) is 14.7. The summed E-state index contributed by atoms with van der Waals surface area (Å²) in [6.45, 7) is 0. The van der Waals surface area contributed by atoms with E-state index in [1.165, 1.54) is 180 Å². The molecule has 6 rings (SSSR count). The lowest BCUT2D eigenvalue weighted by Crippen LogP contribution is -2.08. The largest absolute Gasteiger partial charge is 0.0552 e. The Kier molecular flexibility index (Phi) is 12.8. The van der Waals surface area contributed by atoms with Crippen LogP contribution in [0.25, 0.3) is 11.1 Å². The molecule has 0 atom stereocenters. The third kappa shape index (κ3) is 9.26. The van der Waals surface area contributed by atoms with E-state index in [0.29, 0.717) is 0 Å². The normalized spacial score (nSPS) is 23.7. The Hall–Kier alpha value is -1.56. The van der Waals surface area contributed by atoms with Crippen molar-refractivity contribution in [3.05, 3.63) is 58.7 Å². The molecule has 0 saturated heterocycles. The summed E-state index contributed by atoms with van der Waals surface area (Å²) >= 11 is 0. The Morgan fingerprint density at radius 1 is 0.227 bits per heavy atom. The van der Waals surface area contributed by atoms with Crippen LogP contribution >= 0.6 is 0 Å². The van der Waals surface area contributed by atoms with E-state index in [-0.39, 0.29) is 0 Å². The molecule has 0 aromatic heterocycles. The Morgan fingerprint density at radius 2 is 0.409 bits per heavy atom. The minimum absolute atomic E-state index is 0.765. The maximum Gasteiger partial charge on any atom is -0.0162 e. The van der Waals surface area contributed by atoms with Crippen LogP contribution in [0.4, 0.5) is 0 Å². The van der Waals surface area contributed by atoms with Crippen molar-refractivity contribution in [2.75, 3.05) is 0 Å². The number of hydrogen-bond donors (Lipinski definition) is 0. The molecule has 242 valence electrons. The molecule has 0 spiro atoms. The third-order valence-electron chi connectivity index (χ3n) is 12.6. The average Bonchev–Trinajstić information content (AvgIpc) is 2.96. The highest BCUT2D eigenvalue weighted by molar-refractivity contribution is 5.68. The van der Waals surface area contributed by atoms with Crippen molar-refractivity contribution in [1.82, 2.24) is 0 Å². The quantitative estimate of drug-likeness (QED) is 0.323. The van der Waals surface area contributed by atoms with Gasteiger partial charge in [-0.25, -0.2) is 0 Å². The van der Waals surface area contributed by atoms with Crippen molar-refractivity contribution in [2.45, 2.75) is 203 Å². The molecule has 0 aliphatic heterocycles. The van der Waals surface area contributed by atoms with Crippen LogP contribution in [0.2, 0.25) is 0 Å². The molecular weight excluding hydrogens is 528 g/mol. The SMILES string of the molecule is c1c(-c2cc(C3CCCCCCC3)cc(C3CCCCCCC3)c2)cc(C2CCCCCCC2)cc1C1CCCCCCC1. The van der Waals surface area contributed by atoms with Crippen molar-refractivity contribution in [1.29, 1.82) is 0 Å². The standard InChI is InChI=1S/C44H66/c1-5-13-21-35(22-14-6-1)39-29-40(36-23-15-7-2-8-16-24-36)32-43(31-39)44-33-41(37-25-17-9-3-10-18-26-37)30-42(34-44)38-27-19-11-4-12-20-28-38/h29-38H,1-28H2. The maximum atomic E-state index is 2.73. The van der Waals surface area contributed by atoms with Crippen molar-refractivity contribution < 1.29 is 0 Å².